The van der Waals surface area contributed by atoms with Gasteiger partial charge >= 0.3 is 0 Å². The Morgan fingerprint density at radius 1 is 1.15 bits per heavy atom. The minimum absolute atomic E-state index is 0.0391. The number of piperazine rings is 1. The number of benzene rings is 1. The molecule has 0 spiro atoms. The van der Waals surface area contributed by atoms with Gasteiger partial charge in [0.05, 0.1) is 11.4 Å². The van der Waals surface area contributed by atoms with E-state index in [4.69, 9.17) is 0 Å². The summed E-state index contributed by atoms with van der Waals surface area (Å²) < 4.78 is 27.2. The van der Waals surface area contributed by atoms with Gasteiger partial charge in [0.15, 0.2) is 0 Å². The van der Waals surface area contributed by atoms with Crippen LogP contribution in [0.1, 0.15) is 38.7 Å². The van der Waals surface area contributed by atoms with Gasteiger partial charge in [-0.25, -0.2) is 8.42 Å². The quantitative estimate of drug-likeness (QED) is 0.732. The van der Waals surface area contributed by atoms with E-state index in [1.807, 2.05) is 17.0 Å². The molecule has 0 aromatic heterocycles. The van der Waals surface area contributed by atoms with E-state index in [1.165, 1.54) is 17.1 Å². The lowest BCUT2D eigenvalue weighted by molar-refractivity contribution is -0.123. The normalized spacial score (nSPS) is 20.4. The van der Waals surface area contributed by atoms with Gasteiger partial charge in [-0.15, -0.1) is 0 Å². The van der Waals surface area contributed by atoms with E-state index < -0.39 is 10.0 Å². The van der Waals surface area contributed by atoms with Gasteiger partial charge in [-0.2, -0.15) is 4.31 Å². The van der Waals surface area contributed by atoms with Crippen molar-refractivity contribution in [2.75, 3.05) is 32.7 Å². The molecule has 1 aromatic carbocycles. The molecule has 0 radical (unpaired) electrons. The lowest BCUT2D eigenvalue weighted by Gasteiger charge is -2.33. The fourth-order valence-corrected chi connectivity index (χ4v) is 5.03. The molecule has 1 aliphatic heterocycles. The molecule has 0 unspecified atom stereocenters. The summed E-state index contributed by atoms with van der Waals surface area (Å²) in [4.78, 5) is 14.5. The van der Waals surface area contributed by atoms with E-state index in [1.54, 1.807) is 12.1 Å². The second-order valence-electron chi connectivity index (χ2n) is 7.77. The van der Waals surface area contributed by atoms with E-state index in [-0.39, 0.29) is 11.9 Å². The Kier molecular flexibility index (Phi) is 6.55. The number of aryl methyl sites for hydroxylation is 1. The summed E-state index contributed by atoms with van der Waals surface area (Å²) in [6.45, 7) is 6.52. The van der Waals surface area contributed by atoms with Crippen molar-refractivity contribution in [1.29, 1.82) is 0 Å². The Morgan fingerprint density at radius 3 is 2.33 bits per heavy atom. The van der Waals surface area contributed by atoms with E-state index in [0.29, 0.717) is 43.5 Å². The molecular formula is C20H31N3O3S. The topological polar surface area (TPSA) is 69.7 Å². The maximum absolute atomic E-state index is 12.8. The van der Waals surface area contributed by atoms with Crippen LogP contribution in [0.5, 0.6) is 0 Å². The van der Waals surface area contributed by atoms with Gasteiger partial charge in [0.25, 0.3) is 0 Å². The van der Waals surface area contributed by atoms with Crippen LogP contribution in [0, 0.1) is 5.92 Å². The number of hydrogen-bond acceptors (Lipinski definition) is 4. The largest absolute Gasteiger partial charge is 0.352 e. The zero-order valence-corrected chi connectivity index (χ0v) is 17.2. The summed E-state index contributed by atoms with van der Waals surface area (Å²) in [6.07, 6.45) is 4.41. The number of amides is 1. The molecule has 2 aliphatic rings. The Labute approximate surface area is 163 Å². The fourth-order valence-electron chi connectivity index (χ4n) is 3.61. The van der Waals surface area contributed by atoms with Gasteiger partial charge in [0.1, 0.15) is 0 Å². The van der Waals surface area contributed by atoms with Crippen LogP contribution in [0.15, 0.2) is 29.2 Å². The van der Waals surface area contributed by atoms with Gasteiger partial charge < -0.3 is 5.32 Å². The van der Waals surface area contributed by atoms with Crippen molar-refractivity contribution < 1.29 is 13.2 Å². The van der Waals surface area contributed by atoms with Gasteiger partial charge in [0.2, 0.25) is 15.9 Å². The van der Waals surface area contributed by atoms with Crippen LogP contribution in [0.4, 0.5) is 0 Å². The third-order valence-corrected chi connectivity index (χ3v) is 7.43. The Bertz CT molecular complexity index is 736. The first kappa shape index (κ1) is 20.3. The molecular weight excluding hydrogens is 362 g/mol. The first-order chi connectivity index (χ1) is 12.9. The monoisotopic (exact) mass is 393 g/mol. The number of hydrogen-bond donors (Lipinski definition) is 1. The molecule has 1 aliphatic carbocycles. The van der Waals surface area contributed by atoms with Gasteiger partial charge in [-0.1, -0.05) is 25.5 Å². The van der Waals surface area contributed by atoms with E-state index in [9.17, 15) is 13.2 Å². The fraction of sp³-hybridized carbons (Fsp3) is 0.650. The van der Waals surface area contributed by atoms with E-state index >= 15 is 0 Å². The minimum atomic E-state index is -3.46. The highest BCUT2D eigenvalue weighted by Gasteiger charge is 2.31. The average molecular weight is 394 g/mol. The van der Waals surface area contributed by atoms with Crippen LogP contribution in [-0.4, -0.2) is 62.3 Å². The van der Waals surface area contributed by atoms with Crippen LogP contribution in [0.2, 0.25) is 0 Å². The number of nitrogens with one attached hydrogen (secondary N) is 1. The third-order valence-electron chi connectivity index (χ3n) is 5.52. The number of sulfonamides is 1. The van der Waals surface area contributed by atoms with Crippen LogP contribution in [-0.2, 0) is 21.2 Å². The number of carbonyl (C=O) groups is 1. The van der Waals surface area contributed by atoms with Crippen molar-refractivity contribution in [3.05, 3.63) is 29.8 Å². The van der Waals surface area contributed by atoms with E-state index in [2.05, 4.69) is 19.2 Å². The van der Waals surface area contributed by atoms with Crippen LogP contribution >= 0.6 is 0 Å². The van der Waals surface area contributed by atoms with Crippen molar-refractivity contribution in [2.24, 2.45) is 5.92 Å². The highest BCUT2D eigenvalue weighted by Crippen LogP contribution is 2.32. The molecule has 1 heterocycles. The molecule has 7 heteroatoms. The van der Waals surface area contributed by atoms with Crippen molar-refractivity contribution in [2.45, 2.75) is 50.5 Å². The molecule has 1 N–H and O–H groups in total. The van der Waals surface area contributed by atoms with Crippen molar-refractivity contribution in [3.63, 3.8) is 0 Å². The summed E-state index contributed by atoms with van der Waals surface area (Å²) in [6, 6.07) is 7.46. The second kappa shape index (κ2) is 8.71. The maximum Gasteiger partial charge on any atom is 0.243 e. The van der Waals surface area contributed by atoms with Gasteiger partial charge in [-0.05, 0) is 49.8 Å². The summed E-state index contributed by atoms with van der Waals surface area (Å²) >= 11 is 0. The minimum Gasteiger partial charge on any atom is -0.352 e. The maximum atomic E-state index is 12.8. The molecule has 1 atom stereocenters. The predicted octanol–water partition coefficient (Wildman–Crippen LogP) is 1.86. The van der Waals surface area contributed by atoms with Crippen LogP contribution < -0.4 is 5.32 Å². The predicted molar refractivity (Wildman–Crippen MR) is 106 cm³/mol. The Morgan fingerprint density at radius 2 is 1.78 bits per heavy atom. The van der Waals surface area contributed by atoms with Gasteiger partial charge in [0, 0.05) is 32.2 Å². The Balaban J connectivity index is 1.50. The van der Waals surface area contributed by atoms with Crippen molar-refractivity contribution >= 4 is 15.9 Å². The van der Waals surface area contributed by atoms with Crippen LogP contribution in [0.25, 0.3) is 0 Å². The molecule has 6 nitrogen and oxygen atoms in total. The molecule has 1 saturated carbocycles. The molecule has 1 saturated heterocycles. The summed E-state index contributed by atoms with van der Waals surface area (Å²) in [5, 5.41) is 3.06. The zero-order valence-electron chi connectivity index (χ0n) is 16.4. The average Bonchev–Trinajstić information content (AvgIpc) is 3.48. The SMILES string of the molecule is CCCc1ccc(S(=O)(=O)N2CCN(CC(=O)N[C@H](C)C3CC3)CC2)cc1. The van der Waals surface area contributed by atoms with E-state index in [0.717, 1.165) is 18.4 Å². The summed E-state index contributed by atoms with van der Waals surface area (Å²) in [7, 11) is -3.46. The summed E-state index contributed by atoms with van der Waals surface area (Å²) in [5.74, 6) is 0.678. The molecule has 1 aromatic rings. The number of nitrogens with zero attached hydrogens (tertiary/aromatic N) is 2. The number of carbonyl (C=O) groups excluding carboxylic acids is 1. The zero-order chi connectivity index (χ0) is 19.4. The molecule has 27 heavy (non-hydrogen) atoms. The van der Waals surface area contributed by atoms with Gasteiger partial charge in [-0.3, -0.25) is 9.69 Å². The lowest BCUT2D eigenvalue weighted by atomic mass is 10.1. The molecule has 1 amide bonds. The number of rotatable bonds is 8. The standard InChI is InChI=1S/C20H31N3O3S/c1-3-4-17-5-9-19(10-6-17)27(25,26)23-13-11-22(12-14-23)15-20(24)21-16(2)18-7-8-18/h5-6,9-10,16,18H,3-4,7-8,11-15H2,1-2H3,(H,21,24)/t16-/m1/s1. The first-order valence-corrected chi connectivity index (χ1v) is 11.4. The molecule has 0 bridgehead atoms. The molecule has 3 rings (SSSR count). The van der Waals surface area contributed by atoms with Crippen molar-refractivity contribution in [1.82, 2.24) is 14.5 Å². The lowest BCUT2D eigenvalue weighted by Crippen LogP contribution is -2.51. The van der Waals surface area contributed by atoms with Crippen molar-refractivity contribution in [3.8, 4) is 0 Å². The summed E-state index contributed by atoms with van der Waals surface area (Å²) in [5.41, 5.74) is 1.16. The molecule has 150 valence electrons. The smallest absolute Gasteiger partial charge is 0.243 e. The first-order valence-electron chi connectivity index (χ1n) is 10.0. The highest BCUT2D eigenvalue weighted by atomic mass is 32.2. The third kappa shape index (κ3) is 5.30. The second-order valence-corrected chi connectivity index (χ2v) is 9.71. The van der Waals surface area contributed by atoms with Crippen LogP contribution in [0.3, 0.4) is 0 Å². The Hall–Kier alpha value is -1.44. The molecule has 2 fully saturated rings. The highest BCUT2D eigenvalue weighted by molar-refractivity contribution is 7.89.